The third-order valence-corrected chi connectivity index (χ3v) is 6.74. The predicted octanol–water partition coefficient (Wildman–Crippen LogP) is 2.26. The molecule has 0 radical (unpaired) electrons. The summed E-state index contributed by atoms with van der Waals surface area (Å²) in [5.41, 5.74) is 7.02. The average Bonchev–Trinajstić information content (AvgIpc) is 3.13. The highest BCUT2D eigenvalue weighted by atomic mass is 35.5. The Balaban J connectivity index is 0.00000261. The van der Waals surface area contributed by atoms with Crippen LogP contribution in [0.2, 0.25) is 0 Å². The summed E-state index contributed by atoms with van der Waals surface area (Å²) in [5, 5.41) is 0. The second-order valence-electron chi connectivity index (χ2n) is 6.32. The minimum atomic E-state index is -3.83. The zero-order chi connectivity index (χ0) is 18.7. The normalized spacial score (nSPS) is 20.1. The topological polar surface area (TPSA) is 89.7 Å². The molecule has 1 fully saturated rings. The molecule has 8 heteroatoms. The Morgan fingerprint density at radius 2 is 1.74 bits per heavy atom. The molecule has 0 aromatic heterocycles. The number of ether oxygens (including phenoxy) is 1. The fourth-order valence-corrected chi connectivity index (χ4v) is 5.16. The van der Waals surface area contributed by atoms with Gasteiger partial charge >= 0.3 is 5.97 Å². The van der Waals surface area contributed by atoms with E-state index in [1.165, 1.54) is 23.5 Å². The van der Waals surface area contributed by atoms with Crippen molar-refractivity contribution < 1.29 is 17.9 Å². The molecule has 1 saturated heterocycles. The lowest BCUT2D eigenvalue weighted by molar-refractivity contribution is 0.0596. The number of rotatable bonds is 5. The van der Waals surface area contributed by atoms with Crippen LogP contribution in [0.25, 0.3) is 0 Å². The average molecular weight is 411 g/mol. The van der Waals surface area contributed by atoms with E-state index in [-0.39, 0.29) is 34.7 Å². The monoisotopic (exact) mass is 410 g/mol. The zero-order valence-corrected chi connectivity index (χ0v) is 16.6. The molecule has 0 unspecified atom stereocenters. The number of halogens is 1. The van der Waals surface area contributed by atoms with Gasteiger partial charge in [0.2, 0.25) is 10.0 Å². The van der Waals surface area contributed by atoms with E-state index >= 15 is 0 Å². The minimum Gasteiger partial charge on any atom is -0.465 e. The maximum absolute atomic E-state index is 13.2. The summed E-state index contributed by atoms with van der Waals surface area (Å²) in [7, 11) is -2.60. The molecule has 0 saturated carbocycles. The quantitative estimate of drug-likeness (QED) is 0.763. The Hall–Kier alpha value is -1.93. The Morgan fingerprint density at radius 3 is 2.37 bits per heavy atom. The van der Waals surface area contributed by atoms with Gasteiger partial charge in [0, 0.05) is 19.0 Å². The first-order valence-electron chi connectivity index (χ1n) is 8.41. The molecular formula is C19H23ClN2O4S. The molecular weight excluding hydrogens is 388 g/mol. The van der Waals surface area contributed by atoms with E-state index < -0.39 is 16.0 Å². The summed E-state index contributed by atoms with van der Waals surface area (Å²) in [6, 6.07) is 15.9. The van der Waals surface area contributed by atoms with Crippen LogP contribution in [0, 0.1) is 5.92 Å². The fraction of sp³-hybridized carbons (Fsp3) is 0.316. The number of nitrogens with two attached hydrogens (primary N) is 1. The highest BCUT2D eigenvalue weighted by Crippen LogP contribution is 2.35. The predicted molar refractivity (Wildman–Crippen MR) is 106 cm³/mol. The molecule has 0 bridgehead atoms. The van der Waals surface area contributed by atoms with Crippen molar-refractivity contribution in [2.75, 3.05) is 26.7 Å². The summed E-state index contributed by atoms with van der Waals surface area (Å²) < 4.78 is 32.5. The van der Waals surface area contributed by atoms with Gasteiger partial charge in [-0.15, -0.1) is 12.4 Å². The van der Waals surface area contributed by atoms with Gasteiger partial charge in [-0.1, -0.05) is 42.5 Å². The molecule has 3 rings (SSSR count). The van der Waals surface area contributed by atoms with Crippen molar-refractivity contribution in [3.63, 3.8) is 0 Å². The standard InChI is InChI=1S/C19H22N2O4S.ClH/c1-25-19(22)16-9-5-6-10-18(16)26(23,24)21-12-15(11-20)17(13-21)14-7-3-2-4-8-14;/h2-10,15,17H,11-13,20H2,1H3;1H/t15-,17+;/m1./s1. The van der Waals surface area contributed by atoms with Gasteiger partial charge in [0.05, 0.1) is 17.6 Å². The lowest BCUT2D eigenvalue weighted by atomic mass is 9.89. The molecule has 2 aromatic carbocycles. The first-order valence-corrected chi connectivity index (χ1v) is 9.85. The third-order valence-electron chi connectivity index (χ3n) is 4.85. The smallest absolute Gasteiger partial charge is 0.339 e. The number of hydrogen-bond acceptors (Lipinski definition) is 5. The minimum absolute atomic E-state index is 0. The van der Waals surface area contributed by atoms with E-state index in [4.69, 9.17) is 10.5 Å². The van der Waals surface area contributed by atoms with Crippen LogP contribution in [0.15, 0.2) is 59.5 Å². The number of benzene rings is 2. The van der Waals surface area contributed by atoms with Gasteiger partial charge in [-0.3, -0.25) is 0 Å². The molecule has 1 aliphatic rings. The summed E-state index contributed by atoms with van der Waals surface area (Å²) >= 11 is 0. The van der Waals surface area contributed by atoms with E-state index in [0.29, 0.717) is 19.6 Å². The highest BCUT2D eigenvalue weighted by Gasteiger charge is 2.40. The summed E-state index contributed by atoms with van der Waals surface area (Å²) in [6.45, 7) is 1.06. The van der Waals surface area contributed by atoms with Crippen LogP contribution in [0.4, 0.5) is 0 Å². The van der Waals surface area contributed by atoms with Gasteiger partial charge in [0.15, 0.2) is 0 Å². The summed E-state index contributed by atoms with van der Waals surface area (Å²) in [4.78, 5) is 11.9. The van der Waals surface area contributed by atoms with E-state index in [2.05, 4.69) is 0 Å². The van der Waals surface area contributed by atoms with Crippen molar-refractivity contribution in [1.29, 1.82) is 0 Å². The van der Waals surface area contributed by atoms with E-state index in [1.807, 2.05) is 30.3 Å². The van der Waals surface area contributed by atoms with Crippen LogP contribution < -0.4 is 5.73 Å². The maximum Gasteiger partial charge on any atom is 0.339 e. The van der Waals surface area contributed by atoms with Crippen LogP contribution in [0.5, 0.6) is 0 Å². The Bertz CT molecular complexity index is 890. The van der Waals surface area contributed by atoms with Gasteiger partial charge in [-0.2, -0.15) is 4.31 Å². The van der Waals surface area contributed by atoms with Crippen molar-refractivity contribution in [3.8, 4) is 0 Å². The van der Waals surface area contributed by atoms with Crippen molar-refractivity contribution >= 4 is 28.4 Å². The molecule has 27 heavy (non-hydrogen) atoms. The van der Waals surface area contributed by atoms with Crippen LogP contribution in [0.1, 0.15) is 21.8 Å². The summed E-state index contributed by atoms with van der Waals surface area (Å²) in [5.74, 6) is -0.614. The van der Waals surface area contributed by atoms with Gasteiger partial charge in [0.25, 0.3) is 0 Å². The SMILES string of the molecule is COC(=O)c1ccccc1S(=O)(=O)N1C[C@@H](CN)[C@H](c2ccccc2)C1.Cl. The van der Waals surface area contributed by atoms with Crippen LogP contribution in [-0.2, 0) is 14.8 Å². The Labute approximate surface area is 165 Å². The zero-order valence-electron chi connectivity index (χ0n) is 14.9. The lowest BCUT2D eigenvalue weighted by Crippen LogP contribution is -2.31. The molecule has 0 spiro atoms. The van der Waals surface area contributed by atoms with Crippen LogP contribution in [0.3, 0.4) is 0 Å². The molecule has 1 heterocycles. The van der Waals surface area contributed by atoms with Gasteiger partial charge < -0.3 is 10.5 Å². The molecule has 2 atom stereocenters. The first-order chi connectivity index (χ1) is 12.5. The number of carbonyl (C=O) groups is 1. The van der Waals surface area contributed by atoms with Gasteiger partial charge in [-0.05, 0) is 30.2 Å². The molecule has 2 N–H and O–H groups in total. The number of carbonyl (C=O) groups excluding carboxylic acids is 1. The van der Waals surface area contributed by atoms with Gasteiger partial charge in [0.1, 0.15) is 0 Å². The third kappa shape index (κ3) is 4.16. The van der Waals surface area contributed by atoms with Crippen LogP contribution >= 0.6 is 12.4 Å². The van der Waals surface area contributed by atoms with E-state index in [1.54, 1.807) is 12.1 Å². The number of esters is 1. The molecule has 6 nitrogen and oxygen atoms in total. The fourth-order valence-electron chi connectivity index (χ4n) is 3.45. The largest absolute Gasteiger partial charge is 0.465 e. The summed E-state index contributed by atoms with van der Waals surface area (Å²) in [6.07, 6.45) is 0. The Morgan fingerprint density at radius 1 is 1.11 bits per heavy atom. The first kappa shape index (κ1) is 21.4. The second-order valence-corrected chi connectivity index (χ2v) is 8.23. The van der Waals surface area contributed by atoms with E-state index in [9.17, 15) is 13.2 Å². The molecule has 0 aliphatic carbocycles. The van der Waals surface area contributed by atoms with Crippen molar-refractivity contribution in [2.45, 2.75) is 10.8 Å². The second kappa shape index (κ2) is 8.84. The Kier molecular flexibility index (Phi) is 7.00. The maximum atomic E-state index is 13.2. The van der Waals surface area contributed by atoms with Crippen molar-refractivity contribution in [3.05, 3.63) is 65.7 Å². The molecule has 1 aliphatic heterocycles. The lowest BCUT2D eigenvalue weighted by Gasteiger charge is -2.18. The molecule has 2 aromatic rings. The highest BCUT2D eigenvalue weighted by molar-refractivity contribution is 7.89. The van der Waals surface area contributed by atoms with Crippen molar-refractivity contribution in [1.82, 2.24) is 4.31 Å². The molecule has 146 valence electrons. The molecule has 0 amide bonds. The number of nitrogens with zero attached hydrogens (tertiary/aromatic N) is 1. The van der Waals surface area contributed by atoms with Crippen LogP contribution in [-0.4, -0.2) is 45.4 Å². The van der Waals surface area contributed by atoms with Gasteiger partial charge in [-0.25, -0.2) is 13.2 Å². The van der Waals surface area contributed by atoms with E-state index in [0.717, 1.165) is 5.56 Å². The van der Waals surface area contributed by atoms with Crippen molar-refractivity contribution in [2.24, 2.45) is 11.7 Å². The number of hydrogen-bond donors (Lipinski definition) is 1. The number of sulfonamides is 1. The number of methoxy groups -OCH3 is 1.